The molecule has 0 bridgehead atoms. The number of hydrogen-bond donors (Lipinski definition) is 1. The number of halogens is 1. The fourth-order valence-corrected chi connectivity index (χ4v) is 7.52. The molecule has 0 radical (unpaired) electrons. The number of carbonyl (C=O) groups excluding carboxylic acids is 1. The Morgan fingerprint density at radius 1 is 1.18 bits per heavy atom. The number of aromatic nitrogens is 4. The molecular formula is C27H31ClN5O10P. The smallest absolute Gasteiger partial charge is 0.476 e. The molecule has 17 heteroatoms. The number of benzene rings is 1. The quantitative estimate of drug-likeness (QED) is 0.268. The van der Waals surface area contributed by atoms with Crippen LogP contribution in [0.1, 0.15) is 44.1 Å². The van der Waals surface area contributed by atoms with Gasteiger partial charge < -0.3 is 29.4 Å². The SMILES string of the molecule is CC12OC(=O)OC1C(COP1(=O)OCCC(c3cccc(Cl)c3)O1)OC2n1cnc2c(OCC3CCOCC3)nc(N)nc21. The van der Waals surface area contributed by atoms with Crippen molar-refractivity contribution in [2.45, 2.75) is 56.3 Å². The Bertz CT molecular complexity index is 1600. The van der Waals surface area contributed by atoms with E-state index in [4.69, 9.17) is 54.6 Å². The number of carbonyl (C=O) groups is 1. The van der Waals surface area contributed by atoms with Crippen molar-refractivity contribution >= 4 is 42.7 Å². The molecule has 6 atom stereocenters. The van der Waals surface area contributed by atoms with Gasteiger partial charge in [0.05, 0.1) is 32.3 Å². The first-order chi connectivity index (χ1) is 21.2. The molecule has 0 aliphatic carbocycles. The van der Waals surface area contributed by atoms with E-state index in [0.29, 0.717) is 48.3 Å². The van der Waals surface area contributed by atoms with Crippen LogP contribution in [0.15, 0.2) is 30.6 Å². The molecule has 4 saturated heterocycles. The van der Waals surface area contributed by atoms with E-state index in [1.165, 1.54) is 6.33 Å². The maximum absolute atomic E-state index is 13.5. The summed E-state index contributed by atoms with van der Waals surface area (Å²) in [7, 11) is -4.01. The van der Waals surface area contributed by atoms with Crippen molar-refractivity contribution in [2.24, 2.45) is 5.92 Å². The zero-order chi connectivity index (χ0) is 30.5. The first-order valence-corrected chi connectivity index (χ1v) is 16.1. The van der Waals surface area contributed by atoms with Gasteiger partial charge >= 0.3 is 14.0 Å². The number of fused-ring (bicyclic) bond motifs is 2. The van der Waals surface area contributed by atoms with Crippen molar-refractivity contribution in [3.05, 3.63) is 41.2 Å². The number of imidazole rings is 1. The summed E-state index contributed by atoms with van der Waals surface area (Å²) in [6.07, 6.45) is -0.540. The summed E-state index contributed by atoms with van der Waals surface area (Å²) in [5.41, 5.74) is 6.15. The third-order valence-corrected chi connectivity index (χ3v) is 9.89. The van der Waals surface area contributed by atoms with Crippen LogP contribution >= 0.6 is 19.4 Å². The van der Waals surface area contributed by atoms with E-state index in [-0.39, 0.29) is 25.0 Å². The Morgan fingerprint density at radius 2 is 2.02 bits per heavy atom. The number of phosphoric acid groups is 1. The van der Waals surface area contributed by atoms with Crippen molar-refractivity contribution in [3.63, 3.8) is 0 Å². The molecule has 6 heterocycles. The molecule has 15 nitrogen and oxygen atoms in total. The summed E-state index contributed by atoms with van der Waals surface area (Å²) in [5, 5.41) is 0.526. The lowest BCUT2D eigenvalue weighted by molar-refractivity contribution is -0.0925. The summed E-state index contributed by atoms with van der Waals surface area (Å²) < 4.78 is 60.9. The standard InChI is InChI=1S/C27H31ClN5O10P/c1-27-21(41-26(34)42-27)19(13-39-44(35)38-10-7-18(43-44)16-3-2-4-17(28)11-16)40-24(27)33-14-30-20-22(33)31-25(29)32-23(20)37-12-15-5-8-36-9-6-15/h2-4,11,14-15,18-19,21,24H,5-10,12-13H2,1H3,(H2,29,31,32). The van der Waals surface area contributed by atoms with E-state index >= 15 is 0 Å². The van der Waals surface area contributed by atoms with Gasteiger partial charge in [-0.2, -0.15) is 9.97 Å². The Kier molecular flexibility index (Phi) is 7.90. The third-order valence-electron chi connectivity index (χ3n) is 8.18. The van der Waals surface area contributed by atoms with Gasteiger partial charge in [-0.05, 0) is 43.4 Å². The normalized spacial score (nSPS) is 32.4. The zero-order valence-electron chi connectivity index (χ0n) is 23.7. The predicted molar refractivity (Wildman–Crippen MR) is 152 cm³/mol. The largest absolute Gasteiger partial charge is 0.509 e. The van der Waals surface area contributed by atoms with Gasteiger partial charge in [0.2, 0.25) is 11.8 Å². The van der Waals surface area contributed by atoms with Crippen LogP contribution in [-0.2, 0) is 37.1 Å². The molecule has 0 amide bonds. The number of nitrogens with zero attached hydrogens (tertiary/aromatic N) is 4. The Labute approximate surface area is 256 Å². The Balaban J connectivity index is 1.10. The molecule has 4 aliphatic heterocycles. The highest BCUT2D eigenvalue weighted by molar-refractivity contribution is 7.48. The molecule has 2 aromatic heterocycles. The topological polar surface area (TPSA) is 178 Å². The first kappa shape index (κ1) is 29.7. The monoisotopic (exact) mass is 651 g/mol. The lowest BCUT2D eigenvalue weighted by Crippen LogP contribution is -2.42. The maximum Gasteiger partial charge on any atom is 0.509 e. The number of phosphoric ester groups is 1. The third kappa shape index (κ3) is 5.62. The lowest BCUT2D eigenvalue weighted by Gasteiger charge is -2.30. The molecule has 2 N–H and O–H groups in total. The zero-order valence-corrected chi connectivity index (χ0v) is 25.4. The van der Waals surface area contributed by atoms with E-state index in [2.05, 4.69) is 15.0 Å². The van der Waals surface area contributed by atoms with Crippen LogP contribution in [0.5, 0.6) is 5.88 Å². The molecule has 7 rings (SSSR count). The minimum Gasteiger partial charge on any atom is -0.476 e. The summed E-state index contributed by atoms with van der Waals surface area (Å²) in [5.74, 6) is 0.520. The van der Waals surface area contributed by atoms with Gasteiger partial charge in [-0.25, -0.2) is 14.3 Å². The fraction of sp³-hybridized carbons (Fsp3) is 0.556. The molecule has 3 aromatic rings. The fourth-order valence-electron chi connectivity index (χ4n) is 5.92. The van der Waals surface area contributed by atoms with E-state index < -0.39 is 44.1 Å². The van der Waals surface area contributed by atoms with Crippen LogP contribution in [0.25, 0.3) is 11.2 Å². The second kappa shape index (κ2) is 11.7. The molecule has 1 aromatic carbocycles. The van der Waals surface area contributed by atoms with E-state index in [9.17, 15) is 9.36 Å². The summed E-state index contributed by atoms with van der Waals surface area (Å²) in [6, 6.07) is 7.08. The summed E-state index contributed by atoms with van der Waals surface area (Å²) in [6.45, 7) is 3.31. The number of nitrogens with two attached hydrogens (primary N) is 1. The molecular weight excluding hydrogens is 621 g/mol. The molecule has 4 fully saturated rings. The van der Waals surface area contributed by atoms with Gasteiger partial charge in [0.25, 0.3) is 0 Å². The van der Waals surface area contributed by atoms with Gasteiger partial charge in [0.15, 0.2) is 29.1 Å². The van der Waals surface area contributed by atoms with Gasteiger partial charge in [0.1, 0.15) is 6.10 Å². The summed E-state index contributed by atoms with van der Waals surface area (Å²) in [4.78, 5) is 25.5. The van der Waals surface area contributed by atoms with Gasteiger partial charge in [0, 0.05) is 24.7 Å². The van der Waals surface area contributed by atoms with Crippen molar-refractivity contribution in [1.82, 2.24) is 19.5 Å². The van der Waals surface area contributed by atoms with Crippen molar-refractivity contribution in [3.8, 4) is 5.88 Å². The van der Waals surface area contributed by atoms with Crippen LogP contribution < -0.4 is 10.5 Å². The number of ether oxygens (including phenoxy) is 5. The average molecular weight is 652 g/mol. The number of hydrogen-bond acceptors (Lipinski definition) is 14. The van der Waals surface area contributed by atoms with Crippen molar-refractivity contribution in [1.29, 1.82) is 0 Å². The van der Waals surface area contributed by atoms with Gasteiger partial charge in [-0.15, -0.1) is 0 Å². The number of anilines is 1. The second-order valence-electron chi connectivity index (χ2n) is 11.2. The highest BCUT2D eigenvalue weighted by atomic mass is 35.5. The highest BCUT2D eigenvalue weighted by Gasteiger charge is 2.64. The first-order valence-electron chi connectivity index (χ1n) is 14.3. The number of rotatable bonds is 8. The predicted octanol–water partition coefficient (Wildman–Crippen LogP) is 4.36. The average Bonchev–Trinajstić information content (AvgIpc) is 3.64. The van der Waals surface area contributed by atoms with Crippen LogP contribution in [0.4, 0.5) is 10.7 Å². The maximum atomic E-state index is 13.5. The second-order valence-corrected chi connectivity index (χ2v) is 13.3. The van der Waals surface area contributed by atoms with E-state index in [0.717, 1.165) is 18.4 Å². The van der Waals surface area contributed by atoms with Crippen LogP contribution in [0, 0.1) is 5.92 Å². The lowest BCUT2D eigenvalue weighted by atomic mass is 9.96. The molecule has 4 aliphatic rings. The van der Waals surface area contributed by atoms with Crippen molar-refractivity contribution < 1.29 is 46.6 Å². The van der Waals surface area contributed by atoms with Gasteiger partial charge in [-0.1, -0.05) is 23.7 Å². The van der Waals surface area contributed by atoms with E-state index in [1.807, 2.05) is 6.07 Å². The number of nitrogen functional groups attached to an aromatic ring is 1. The molecule has 44 heavy (non-hydrogen) atoms. The highest BCUT2D eigenvalue weighted by Crippen LogP contribution is 2.58. The minimum absolute atomic E-state index is 0.0283. The Hall–Kier alpha value is -3.04. The van der Waals surface area contributed by atoms with Crippen molar-refractivity contribution in [2.75, 3.05) is 38.8 Å². The minimum atomic E-state index is -4.01. The van der Waals surface area contributed by atoms with E-state index in [1.54, 1.807) is 29.7 Å². The van der Waals surface area contributed by atoms with Crippen LogP contribution in [0.3, 0.4) is 0 Å². The Morgan fingerprint density at radius 3 is 2.84 bits per heavy atom. The van der Waals surface area contributed by atoms with Crippen LogP contribution in [-0.4, -0.2) is 76.5 Å². The summed E-state index contributed by atoms with van der Waals surface area (Å²) >= 11 is 6.13. The van der Waals surface area contributed by atoms with Gasteiger partial charge in [-0.3, -0.25) is 18.1 Å². The molecule has 0 spiro atoms. The molecule has 236 valence electrons. The molecule has 6 unspecified atom stereocenters. The molecule has 0 saturated carbocycles. The van der Waals surface area contributed by atoms with Crippen LogP contribution in [0.2, 0.25) is 5.02 Å².